The summed E-state index contributed by atoms with van der Waals surface area (Å²) in [5, 5.41) is 33.4. The van der Waals surface area contributed by atoms with Crippen LogP contribution >= 0.6 is 33.9 Å². The Bertz CT molecular complexity index is 2770. The summed E-state index contributed by atoms with van der Waals surface area (Å²) in [6.07, 6.45) is 45.4. The highest BCUT2D eigenvalue weighted by molar-refractivity contribution is 14.1. The van der Waals surface area contributed by atoms with Crippen molar-refractivity contribution >= 4 is 100 Å². The largest absolute Gasteiger partial charge is 0.461 e. The van der Waals surface area contributed by atoms with Crippen molar-refractivity contribution in [3.63, 3.8) is 0 Å². The molecule has 109 heavy (non-hydrogen) atoms. The maximum Gasteiger partial charge on any atom is 0.306 e. The Morgan fingerprint density at radius 1 is 0.541 bits per heavy atom. The second kappa shape index (κ2) is 62.5. The van der Waals surface area contributed by atoms with Crippen molar-refractivity contribution in [2.75, 3.05) is 13.2 Å². The molecule has 632 valence electrons. The molecule has 0 radical (unpaired) electrons. The van der Waals surface area contributed by atoms with Crippen molar-refractivity contribution in [1.29, 1.82) is 0 Å². The Morgan fingerprint density at radius 3 is 1.32 bits per heavy atom. The van der Waals surface area contributed by atoms with Crippen molar-refractivity contribution in [1.82, 2.24) is 0 Å². The molecule has 0 aromatic carbocycles. The quantitative estimate of drug-likeness (QED) is 0.0190. The summed E-state index contributed by atoms with van der Waals surface area (Å²) in [5.74, 6) is -0.0431. The van der Waals surface area contributed by atoms with Crippen molar-refractivity contribution in [3.05, 3.63) is 128 Å². The van der Waals surface area contributed by atoms with Gasteiger partial charge in [-0.25, -0.2) is 0 Å². The molecule has 3 unspecified atom stereocenters. The zero-order valence-corrected chi connectivity index (χ0v) is 84.0. The molecular formula is C91H169IO11SSi5. The highest BCUT2D eigenvalue weighted by Gasteiger charge is 2.43. The van der Waals surface area contributed by atoms with Gasteiger partial charge in [-0.1, -0.05) is 329 Å². The van der Waals surface area contributed by atoms with Crippen LogP contribution < -0.4 is 0 Å². The molecule has 0 saturated heterocycles. The number of ketones is 2. The van der Waals surface area contributed by atoms with Gasteiger partial charge in [0.15, 0.2) is 28.2 Å². The number of halogens is 1. The number of aliphatic hydroxyl groups excluding tert-OH is 3. The van der Waals surface area contributed by atoms with Crippen LogP contribution in [0.5, 0.6) is 0 Å². The van der Waals surface area contributed by atoms with Gasteiger partial charge in [-0.15, -0.1) is 11.3 Å². The lowest BCUT2D eigenvalue weighted by atomic mass is 10.0. The zero-order valence-electron chi connectivity index (χ0n) is 75.6. The van der Waals surface area contributed by atoms with Gasteiger partial charge in [0, 0.05) is 62.5 Å². The second-order valence-corrected chi connectivity index (χ2v) is 59.8. The SMILES string of the molecule is C/C=C/COC(=O)CCC/C=C\CC1=C(/C=C/C(O)CCCCC)C(O[Si](C)(C)C(C)(C)C)CC1=O.C/C=C/COC(=O)CCC/C=C\CC1=CC(O[Si](C)(C)C(C)(C)C)CC1=O.CCCCC[C@H](O)/C=C/Cc1cccs1.CCCCC[C@H](O)/C=C/I.C[SiH](C)C(C)(C)C.C[SiH](C)C(C)(C)C.C[SiH](C)C(C)(C)C. The van der Waals surface area contributed by atoms with Crippen LogP contribution in [0.15, 0.2) is 123 Å². The lowest BCUT2D eigenvalue weighted by Gasteiger charge is -2.38. The number of hydrogen-bond donors (Lipinski definition) is 3. The van der Waals surface area contributed by atoms with E-state index in [-0.39, 0.29) is 84.4 Å². The van der Waals surface area contributed by atoms with Crippen LogP contribution in [0, 0.1) is 0 Å². The first kappa shape index (κ1) is 113. The van der Waals surface area contributed by atoms with Crippen LogP contribution in [0.3, 0.4) is 0 Å². The number of hydrogen-bond acceptors (Lipinski definition) is 12. The maximum atomic E-state index is 13.0. The molecule has 2 aliphatic rings. The number of esters is 2. The number of thiophene rings is 1. The molecule has 11 nitrogen and oxygen atoms in total. The summed E-state index contributed by atoms with van der Waals surface area (Å²) in [5.41, 5.74) is 2.54. The summed E-state index contributed by atoms with van der Waals surface area (Å²) in [6.45, 7) is 68.3. The number of unbranched alkanes of at least 4 members (excludes halogenated alkanes) is 8. The summed E-state index contributed by atoms with van der Waals surface area (Å²) >= 11 is 3.89. The van der Waals surface area contributed by atoms with Gasteiger partial charge in [0.1, 0.15) is 13.2 Å². The number of Topliss-reactive ketones (excluding diaryl/α,β-unsaturated/α-hetero) is 2. The summed E-state index contributed by atoms with van der Waals surface area (Å²) in [7, 11) is -5.01. The molecule has 0 saturated carbocycles. The summed E-state index contributed by atoms with van der Waals surface area (Å²) in [4.78, 5) is 49.8. The van der Waals surface area contributed by atoms with Gasteiger partial charge < -0.3 is 33.6 Å². The highest BCUT2D eigenvalue weighted by Crippen LogP contribution is 2.42. The fourth-order valence-electron chi connectivity index (χ4n) is 8.50. The van der Waals surface area contributed by atoms with E-state index in [0.717, 1.165) is 93.8 Å². The third-order valence-corrected chi connectivity index (χ3v) is 41.9. The first-order chi connectivity index (χ1) is 50.5. The van der Waals surface area contributed by atoms with Gasteiger partial charge in [-0.05, 0) is 162 Å². The van der Waals surface area contributed by atoms with Crippen molar-refractivity contribution < 1.29 is 52.8 Å². The van der Waals surface area contributed by atoms with E-state index in [4.69, 9.17) is 18.3 Å². The van der Waals surface area contributed by atoms with E-state index in [1.165, 1.54) is 30.6 Å². The third kappa shape index (κ3) is 61.3. The minimum absolute atomic E-state index is 0.0428. The van der Waals surface area contributed by atoms with E-state index in [0.29, 0.717) is 73.3 Å². The van der Waals surface area contributed by atoms with Gasteiger partial charge in [0.25, 0.3) is 0 Å². The maximum absolute atomic E-state index is 13.0. The van der Waals surface area contributed by atoms with Crippen LogP contribution in [0.1, 0.15) is 285 Å². The molecule has 0 bridgehead atoms. The average Bonchev–Trinajstić information content (AvgIpc) is 1.68. The Labute approximate surface area is 696 Å². The number of carbonyl (C=O) groups is 4. The Hall–Kier alpha value is -2.75. The summed E-state index contributed by atoms with van der Waals surface area (Å²) in [6, 6.07) is 4.18. The fraction of sp³-hybridized carbons (Fsp3) is 0.714. The van der Waals surface area contributed by atoms with Crippen LogP contribution in [-0.4, -0.2) is 126 Å². The number of rotatable bonds is 38. The lowest BCUT2D eigenvalue weighted by molar-refractivity contribution is -0.143. The van der Waals surface area contributed by atoms with Crippen LogP contribution in [-0.2, 0) is 43.9 Å². The third-order valence-electron chi connectivity index (χ3n) is 21.2. The summed E-state index contributed by atoms with van der Waals surface area (Å²) < 4.78 is 25.0. The highest BCUT2D eigenvalue weighted by atomic mass is 127. The van der Waals surface area contributed by atoms with E-state index in [1.807, 2.05) is 96.9 Å². The normalized spacial score (nSPS) is 16.3. The topological polar surface area (TPSA) is 166 Å². The van der Waals surface area contributed by atoms with Gasteiger partial charge in [0.05, 0.1) is 30.5 Å². The molecule has 18 heteroatoms. The number of ether oxygens (including phenoxy) is 2. The monoisotopic (exact) mass is 1740 g/mol. The zero-order chi connectivity index (χ0) is 84.7. The molecule has 1 heterocycles. The molecule has 0 amide bonds. The average molecular weight is 1740 g/mol. The molecule has 1 aromatic rings. The second-order valence-electron chi connectivity index (χ2n) is 36.4. The molecule has 0 aliphatic heterocycles. The smallest absolute Gasteiger partial charge is 0.306 e. The van der Waals surface area contributed by atoms with Crippen LogP contribution in [0.25, 0.3) is 0 Å². The predicted octanol–water partition coefficient (Wildman–Crippen LogP) is 26.4. The van der Waals surface area contributed by atoms with Crippen molar-refractivity contribution in [2.45, 2.75) is 407 Å². The first-order valence-electron chi connectivity index (χ1n) is 41.8. The number of aliphatic hydroxyl groups is 3. The van der Waals surface area contributed by atoms with Gasteiger partial charge in [-0.2, -0.15) is 0 Å². The standard InChI is InChI=1S/C30H50O5Si.C22H36O4Si.C13H20OS.C8H15IO.3C6H16Si/c1-8-10-14-17-24(31)20-21-26-25(18-15-12-13-16-19-29(33)34-22-11-9-2)27(32)23-28(26)35-36(6,7)30(3,4)5;1-7-8-15-25-21(24)14-12-10-9-11-13-18-16-19(17-20(18)23)26-27(5,6)22(2,3)4;1-2-3-4-7-12(14)8-5-9-13-10-6-11-15-13;1-2-3-4-5-8(10)6-7-9;3*1-6(2,3)7(4)5/h9,11-12,15,20-21,24,28,31H,8,10,13-14,16-19,22-23H2,1-7H3;7-9,11,16,19H,10,12-15,17H2,1-6H3;5-6,8,10-12,14H,2-4,7,9H2,1H3;6-8,10H,2-5H2,1H3;3*7H,1-5H3/b11-9+,15-12-,21-20+;8-7+,11-9-;8-5+;7-6+;;;/t;;12-;8-;;;/m..00.../s1. The minimum atomic E-state index is -2.07. The van der Waals surface area contributed by atoms with E-state index in [2.05, 4.69) is 236 Å². The molecule has 3 rings (SSSR count). The Kier molecular flexibility index (Phi) is 64.6. The predicted molar refractivity (Wildman–Crippen MR) is 501 cm³/mol. The first-order valence-corrected chi connectivity index (χ1v) is 58.4. The minimum Gasteiger partial charge on any atom is -0.461 e. The van der Waals surface area contributed by atoms with E-state index in [1.54, 1.807) is 11.3 Å². The molecule has 1 aromatic heterocycles. The Balaban J connectivity index is -0.000000656. The molecule has 0 fully saturated rings. The van der Waals surface area contributed by atoms with Crippen LogP contribution in [0.4, 0.5) is 0 Å². The number of allylic oxidation sites excluding steroid dienone is 9. The van der Waals surface area contributed by atoms with Gasteiger partial charge >= 0.3 is 11.9 Å². The van der Waals surface area contributed by atoms with E-state index >= 15 is 0 Å². The molecular weight excluding hydrogens is 1570 g/mol. The van der Waals surface area contributed by atoms with Gasteiger partial charge in [0.2, 0.25) is 0 Å². The van der Waals surface area contributed by atoms with E-state index < -0.39 is 22.7 Å². The number of carbonyl (C=O) groups excluding carboxylic acids is 4. The van der Waals surface area contributed by atoms with Crippen LogP contribution in [0.2, 0.25) is 90.7 Å². The van der Waals surface area contributed by atoms with Crippen molar-refractivity contribution in [2.24, 2.45) is 0 Å². The van der Waals surface area contributed by atoms with Crippen molar-refractivity contribution in [3.8, 4) is 0 Å². The lowest BCUT2D eigenvalue weighted by Crippen LogP contribution is -2.44. The van der Waals surface area contributed by atoms with Gasteiger partial charge in [-0.3, -0.25) is 19.2 Å². The molecule has 0 spiro atoms. The fourth-order valence-corrected chi connectivity index (χ4v) is 12.2. The molecule has 2 aliphatic carbocycles. The van der Waals surface area contributed by atoms with E-state index in [9.17, 15) is 34.5 Å². The molecule has 3 N–H and O–H groups in total. The molecule has 5 atom stereocenters. The Morgan fingerprint density at radius 2 is 0.945 bits per heavy atom.